The van der Waals surface area contributed by atoms with E-state index in [0.717, 1.165) is 11.1 Å². The molecule has 0 aliphatic carbocycles. The average molecular weight is 422 g/mol. The molecule has 0 N–H and O–H groups in total. The summed E-state index contributed by atoms with van der Waals surface area (Å²) < 4.78 is 0. The predicted molar refractivity (Wildman–Crippen MR) is 120 cm³/mol. The van der Waals surface area contributed by atoms with Gasteiger partial charge in [-0.3, -0.25) is 24.6 Å². The van der Waals surface area contributed by atoms with Crippen LogP contribution in [0, 0.1) is 10.1 Å². The van der Waals surface area contributed by atoms with Gasteiger partial charge < -0.3 is 0 Å². The van der Waals surface area contributed by atoms with Gasteiger partial charge in [-0.2, -0.15) is 0 Å². The third-order valence-electron chi connectivity index (χ3n) is 5.84. The Morgan fingerprint density at radius 2 is 1.44 bits per heavy atom. The molecule has 1 aliphatic heterocycles. The van der Waals surface area contributed by atoms with Gasteiger partial charge in [-0.1, -0.05) is 72.8 Å². The van der Waals surface area contributed by atoms with E-state index in [1.165, 1.54) is 17.0 Å². The lowest BCUT2D eigenvalue weighted by Gasteiger charge is -2.34. The Labute approximate surface area is 183 Å². The number of non-ortho nitro benzene ring substituents is 1. The molecule has 0 fully saturated rings. The Morgan fingerprint density at radius 3 is 2.12 bits per heavy atom. The molecule has 4 aromatic rings. The van der Waals surface area contributed by atoms with Gasteiger partial charge in [0.05, 0.1) is 16.5 Å². The molecule has 32 heavy (non-hydrogen) atoms. The lowest BCUT2D eigenvalue weighted by atomic mass is 9.89. The number of benzene rings is 4. The number of carbonyl (C=O) groups is 2. The molecule has 0 spiro atoms. The molecule has 4 aromatic carbocycles. The van der Waals surface area contributed by atoms with Gasteiger partial charge in [0.15, 0.2) is 0 Å². The lowest BCUT2D eigenvalue weighted by Crippen LogP contribution is -2.43. The van der Waals surface area contributed by atoms with Gasteiger partial charge >= 0.3 is 0 Å². The van der Waals surface area contributed by atoms with Crippen LogP contribution >= 0.6 is 0 Å². The molecule has 0 bridgehead atoms. The zero-order valence-corrected chi connectivity index (χ0v) is 17.0. The van der Waals surface area contributed by atoms with Crippen molar-refractivity contribution >= 4 is 28.3 Å². The van der Waals surface area contributed by atoms with Crippen molar-refractivity contribution in [1.29, 1.82) is 0 Å². The van der Waals surface area contributed by atoms with E-state index in [4.69, 9.17) is 0 Å². The fraction of sp³-hybridized carbons (Fsp3) is 0.0769. The van der Waals surface area contributed by atoms with E-state index in [1.807, 2.05) is 60.7 Å². The first-order valence-electron chi connectivity index (χ1n) is 10.2. The highest BCUT2D eigenvalue weighted by molar-refractivity contribution is 6.26. The van der Waals surface area contributed by atoms with Crippen molar-refractivity contribution in [2.24, 2.45) is 0 Å². The maximum atomic E-state index is 13.7. The summed E-state index contributed by atoms with van der Waals surface area (Å²) >= 11 is 0. The van der Waals surface area contributed by atoms with Crippen molar-refractivity contribution in [3.63, 3.8) is 0 Å². The van der Waals surface area contributed by atoms with Crippen molar-refractivity contribution in [1.82, 2.24) is 4.90 Å². The van der Waals surface area contributed by atoms with Crippen molar-refractivity contribution in [2.45, 2.75) is 12.5 Å². The number of carbonyl (C=O) groups excluding carboxylic acids is 2. The highest BCUT2D eigenvalue weighted by Crippen LogP contribution is 2.38. The zero-order valence-electron chi connectivity index (χ0n) is 17.0. The first kappa shape index (κ1) is 19.6. The van der Waals surface area contributed by atoms with Crippen LogP contribution < -0.4 is 0 Å². The van der Waals surface area contributed by atoms with Gasteiger partial charge in [0.25, 0.3) is 17.5 Å². The van der Waals surface area contributed by atoms with Crippen LogP contribution in [0.25, 0.3) is 10.8 Å². The molecule has 0 radical (unpaired) electrons. The molecule has 0 saturated carbocycles. The second-order valence-electron chi connectivity index (χ2n) is 7.75. The number of nitrogens with zero attached hydrogens (tertiary/aromatic N) is 2. The number of nitro groups is 1. The summed E-state index contributed by atoms with van der Waals surface area (Å²) in [5.41, 5.74) is 2.18. The molecule has 1 heterocycles. The quantitative estimate of drug-likeness (QED) is 0.247. The molecule has 5 rings (SSSR count). The number of hydrogen-bond donors (Lipinski definition) is 0. The molecular formula is C26H18N2O4. The zero-order chi connectivity index (χ0) is 22.2. The largest absolute Gasteiger partial charge is 0.270 e. The summed E-state index contributed by atoms with van der Waals surface area (Å²) in [6.45, 7) is 0. The summed E-state index contributed by atoms with van der Waals surface area (Å²) in [5, 5.41) is 12.5. The minimum Gasteiger partial charge on any atom is -0.269 e. The predicted octanol–water partition coefficient (Wildman–Crippen LogP) is 5.33. The Kier molecular flexibility index (Phi) is 4.75. The Hall–Kier alpha value is -4.32. The van der Waals surface area contributed by atoms with Crippen molar-refractivity contribution in [3.05, 3.63) is 123 Å². The lowest BCUT2D eigenvalue weighted by molar-refractivity contribution is -0.384. The number of imide groups is 1. The van der Waals surface area contributed by atoms with Crippen molar-refractivity contribution in [2.75, 3.05) is 0 Å². The second kappa shape index (κ2) is 7.74. The van der Waals surface area contributed by atoms with E-state index in [2.05, 4.69) is 0 Å². The SMILES string of the molecule is O=C1c2cccc3cc([N+](=O)[O-])cc(c23)C(=O)N1[C@@H](Cc1ccccc1)c1ccccc1. The molecule has 2 amide bonds. The molecule has 1 atom stereocenters. The molecule has 0 unspecified atom stereocenters. The molecular weight excluding hydrogens is 404 g/mol. The van der Waals surface area contributed by atoms with Gasteiger partial charge in [-0.05, 0) is 29.0 Å². The Morgan fingerprint density at radius 1 is 0.781 bits per heavy atom. The third kappa shape index (κ3) is 3.22. The molecule has 6 heteroatoms. The van der Waals surface area contributed by atoms with E-state index in [9.17, 15) is 19.7 Å². The van der Waals surface area contributed by atoms with E-state index in [-0.39, 0.29) is 11.3 Å². The smallest absolute Gasteiger partial charge is 0.269 e. The fourth-order valence-corrected chi connectivity index (χ4v) is 4.37. The standard InChI is InChI=1S/C26H18N2O4/c29-25-21-13-7-12-19-15-20(28(31)32)16-22(24(19)21)26(30)27(25)23(18-10-5-2-6-11-18)14-17-8-3-1-4-9-17/h1-13,15-16,23H,14H2/t23-/m0/s1. The number of amides is 2. The first-order valence-corrected chi connectivity index (χ1v) is 10.2. The Bertz CT molecular complexity index is 1370. The average Bonchev–Trinajstić information content (AvgIpc) is 2.82. The molecule has 156 valence electrons. The summed E-state index contributed by atoms with van der Waals surface area (Å²) in [4.78, 5) is 39.5. The van der Waals surface area contributed by atoms with Crippen molar-refractivity contribution < 1.29 is 14.5 Å². The Balaban J connectivity index is 1.69. The number of hydrogen-bond acceptors (Lipinski definition) is 4. The maximum Gasteiger partial charge on any atom is 0.270 e. The molecule has 1 aliphatic rings. The van der Waals surface area contributed by atoms with E-state index in [0.29, 0.717) is 22.8 Å². The van der Waals surface area contributed by atoms with Gasteiger partial charge in [0.1, 0.15) is 0 Å². The summed E-state index contributed by atoms with van der Waals surface area (Å²) in [7, 11) is 0. The highest BCUT2D eigenvalue weighted by Gasteiger charge is 2.39. The molecule has 6 nitrogen and oxygen atoms in total. The van der Waals surface area contributed by atoms with Crippen LogP contribution in [-0.4, -0.2) is 21.6 Å². The van der Waals surface area contributed by atoms with Crippen LogP contribution in [0.15, 0.2) is 91.0 Å². The number of rotatable bonds is 5. The van der Waals surface area contributed by atoms with Crippen LogP contribution in [0.1, 0.15) is 37.9 Å². The topological polar surface area (TPSA) is 80.5 Å². The summed E-state index contributed by atoms with van der Waals surface area (Å²) in [6.07, 6.45) is 0.433. The maximum absolute atomic E-state index is 13.7. The fourth-order valence-electron chi connectivity index (χ4n) is 4.37. The van der Waals surface area contributed by atoms with Crippen LogP contribution in [0.2, 0.25) is 0 Å². The normalized spacial score (nSPS) is 13.9. The van der Waals surface area contributed by atoms with Gasteiger partial charge in [0, 0.05) is 23.1 Å². The number of nitro benzene ring substituents is 1. The molecule has 0 saturated heterocycles. The van der Waals surface area contributed by atoms with Gasteiger partial charge in [-0.15, -0.1) is 0 Å². The van der Waals surface area contributed by atoms with Crippen LogP contribution in [-0.2, 0) is 6.42 Å². The first-order chi connectivity index (χ1) is 15.5. The van der Waals surface area contributed by atoms with E-state index < -0.39 is 22.8 Å². The van der Waals surface area contributed by atoms with Crippen LogP contribution in [0.5, 0.6) is 0 Å². The second-order valence-corrected chi connectivity index (χ2v) is 7.75. The minimum absolute atomic E-state index is 0.174. The van der Waals surface area contributed by atoms with Gasteiger partial charge in [0.2, 0.25) is 0 Å². The summed E-state index contributed by atoms with van der Waals surface area (Å²) in [6, 6.07) is 26.2. The van der Waals surface area contributed by atoms with E-state index in [1.54, 1.807) is 18.2 Å². The highest BCUT2D eigenvalue weighted by atomic mass is 16.6. The minimum atomic E-state index is -0.554. The monoisotopic (exact) mass is 422 g/mol. The third-order valence-corrected chi connectivity index (χ3v) is 5.84. The van der Waals surface area contributed by atoms with Crippen molar-refractivity contribution in [3.8, 4) is 0 Å². The summed E-state index contributed by atoms with van der Waals surface area (Å²) in [5.74, 6) is -0.918. The van der Waals surface area contributed by atoms with Crippen LogP contribution in [0.3, 0.4) is 0 Å². The van der Waals surface area contributed by atoms with E-state index >= 15 is 0 Å². The molecule has 0 aromatic heterocycles. The van der Waals surface area contributed by atoms with Crippen LogP contribution in [0.4, 0.5) is 5.69 Å². The van der Waals surface area contributed by atoms with Gasteiger partial charge in [-0.25, -0.2) is 0 Å².